The Balaban J connectivity index is 1.25. The summed E-state index contributed by atoms with van der Waals surface area (Å²) in [5, 5.41) is 4.00. The zero-order valence-corrected chi connectivity index (χ0v) is 20.5. The van der Waals surface area contributed by atoms with Gasteiger partial charge in [-0.1, -0.05) is 48.6 Å². The number of thiazole rings is 1. The molecular formula is C27H24N4OS2. The summed E-state index contributed by atoms with van der Waals surface area (Å²) in [6.45, 7) is 5.11. The van der Waals surface area contributed by atoms with Crippen LogP contribution in [0.1, 0.15) is 22.8 Å². The first-order valence-corrected chi connectivity index (χ1v) is 13.3. The van der Waals surface area contributed by atoms with E-state index in [4.69, 9.17) is 9.97 Å². The van der Waals surface area contributed by atoms with Gasteiger partial charge in [0.1, 0.15) is 0 Å². The number of hydrogen-bond donors (Lipinski definition) is 0. The first-order chi connectivity index (χ1) is 16.7. The monoisotopic (exact) mass is 484 g/mol. The molecule has 0 bridgehead atoms. The fraction of sp³-hybridized carbons (Fsp3) is 0.222. The summed E-state index contributed by atoms with van der Waals surface area (Å²) in [4.78, 5) is 28.7. The number of thiophene rings is 1. The molecule has 1 saturated heterocycles. The molecule has 4 heterocycles. The number of hydrogen-bond acceptors (Lipinski definition) is 6. The normalized spacial score (nSPS) is 14.3. The molecule has 0 unspecified atom stereocenters. The third kappa shape index (κ3) is 3.85. The lowest BCUT2D eigenvalue weighted by Crippen LogP contribution is -2.48. The topological polar surface area (TPSA) is 49.3 Å². The van der Waals surface area contributed by atoms with Crippen LogP contribution in [-0.4, -0.2) is 47.0 Å². The zero-order chi connectivity index (χ0) is 23.1. The van der Waals surface area contributed by atoms with Crippen molar-refractivity contribution < 1.29 is 4.79 Å². The molecule has 0 spiro atoms. The van der Waals surface area contributed by atoms with E-state index in [1.165, 1.54) is 10.3 Å². The molecule has 34 heavy (non-hydrogen) atoms. The average molecular weight is 485 g/mol. The van der Waals surface area contributed by atoms with Gasteiger partial charge in [-0.05, 0) is 47.7 Å². The minimum Gasteiger partial charge on any atom is -0.345 e. The number of fused-ring (bicyclic) bond motifs is 2. The van der Waals surface area contributed by atoms with Crippen LogP contribution in [0.2, 0.25) is 0 Å². The number of anilines is 1. The van der Waals surface area contributed by atoms with Gasteiger partial charge in [-0.25, -0.2) is 9.97 Å². The smallest absolute Gasteiger partial charge is 0.254 e. The molecule has 1 aliphatic heterocycles. The number of pyridine rings is 1. The van der Waals surface area contributed by atoms with Gasteiger partial charge in [0.25, 0.3) is 5.91 Å². The van der Waals surface area contributed by atoms with Crippen molar-refractivity contribution in [1.29, 1.82) is 0 Å². The molecule has 0 atom stereocenters. The quantitative estimate of drug-likeness (QED) is 0.309. The predicted octanol–water partition coefficient (Wildman–Crippen LogP) is 6.10. The highest BCUT2D eigenvalue weighted by molar-refractivity contribution is 7.22. The predicted molar refractivity (Wildman–Crippen MR) is 142 cm³/mol. The Morgan fingerprint density at radius 3 is 2.59 bits per heavy atom. The SMILES string of the molecule is CCc1ccc2nc(N3CCN(C(=O)c4cc(-c5cccs5)nc5ccccc45)CC3)sc2c1. The van der Waals surface area contributed by atoms with E-state index in [2.05, 4.69) is 36.1 Å². The van der Waals surface area contributed by atoms with Gasteiger partial charge in [-0.15, -0.1) is 11.3 Å². The number of carbonyl (C=O) groups excluding carboxylic acids is 1. The Hall–Kier alpha value is -3.29. The van der Waals surface area contributed by atoms with Crippen molar-refractivity contribution in [1.82, 2.24) is 14.9 Å². The van der Waals surface area contributed by atoms with E-state index in [1.54, 1.807) is 22.7 Å². The van der Waals surface area contributed by atoms with Crippen molar-refractivity contribution in [3.63, 3.8) is 0 Å². The van der Waals surface area contributed by atoms with Crippen molar-refractivity contribution in [3.05, 3.63) is 77.2 Å². The van der Waals surface area contributed by atoms with Crippen LogP contribution in [0.3, 0.4) is 0 Å². The van der Waals surface area contributed by atoms with Gasteiger partial charge in [0, 0.05) is 31.6 Å². The minimum absolute atomic E-state index is 0.0768. The average Bonchev–Trinajstić information content (AvgIpc) is 3.57. The minimum atomic E-state index is 0.0768. The van der Waals surface area contributed by atoms with Crippen molar-refractivity contribution in [2.45, 2.75) is 13.3 Å². The van der Waals surface area contributed by atoms with Crippen LogP contribution >= 0.6 is 22.7 Å². The number of rotatable bonds is 4. The number of amides is 1. The Morgan fingerprint density at radius 1 is 0.941 bits per heavy atom. The Kier molecular flexibility index (Phi) is 5.51. The molecule has 0 aliphatic carbocycles. The molecular weight excluding hydrogens is 460 g/mol. The van der Waals surface area contributed by atoms with Gasteiger partial charge < -0.3 is 9.80 Å². The number of para-hydroxylation sites is 1. The highest BCUT2D eigenvalue weighted by atomic mass is 32.1. The largest absolute Gasteiger partial charge is 0.345 e. The highest BCUT2D eigenvalue weighted by Gasteiger charge is 2.26. The van der Waals surface area contributed by atoms with Gasteiger partial charge in [0.15, 0.2) is 5.13 Å². The molecule has 5 nitrogen and oxygen atoms in total. The lowest BCUT2D eigenvalue weighted by atomic mass is 10.1. The second-order valence-corrected chi connectivity index (χ2v) is 10.4. The van der Waals surface area contributed by atoms with Gasteiger partial charge in [0.2, 0.25) is 0 Å². The first kappa shape index (κ1) is 21.3. The molecule has 0 saturated carbocycles. The summed E-state index contributed by atoms with van der Waals surface area (Å²) in [5.41, 5.74) is 4.84. The van der Waals surface area contributed by atoms with E-state index in [9.17, 15) is 4.79 Å². The second-order valence-electron chi connectivity index (χ2n) is 8.48. The van der Waals surface area contributed by atoms with Gasteiger partial charge >= 0.3 is 0 Å². The molecule has 1 aliphatic rings. The third-order valence-corrected chi connectivity index (χ3v) is 8.38. The van der Waals surface area contributed by atoms with Gasteiger partial charge in [0.05, 0.1) is 31.9 Å². The van der Waals surface area contributed by atoms with E-state index in [1.807, 2.05) is 46.7 Å². The Morgan fingerprint density at radius 2 is 1.79 bits per heavy atom. The number of piperazine rings is 1. The Bertz CT molecular complexity index is 1480. The molecule has 170 valence electrons. The standard InChI is InChI=1S/C27H24N4OS2/c1-2-18-9-10-22-25(16-18)34-27(29-22)31-13-11-30(12-14-31)26(32)20-17-23(24-8-5-15-33-24)28-21-7-4-3-6-19(20)21/h3-10,15-17H,2,11-14H2,1H3. The van der Waals surface area contributed by atoms with Crippen LogP contribution in [0, 0.1) is 0 Å². The molecule has 6 rings (SSSR count). The molecule has 1 fully saturated rings. The fourth-order valence-corrected chi connectivity index (χ4v) is 6.25. The lowest BCUT2D eigenvalue weighted by molar-refractivity contribution is 0.0748. The van der Waals surface area contributed by atoms with Gasteiger partial charge in [-0.3, -0.25) is 4.79 Å². The van der Waals surface area contributed by atoms with E-state index < -0.39 is 0 Å². The van der Waals surface area contributed by atoms with E-state index in [-0.39, 0.29) is 5.91 Å². The summed E-state index contributed by atoms with van der Waals surface area (Å²) in [7, 11) is 0. The van der Waals surface area contributed by atoms with Crippen LogP contribution < -0.4 is 4.90 Å². The number of aryl methyl sites for hydroxylation is 1. The van der Waals surface area contributed by atoms with E-state index in [0.717, 1.165) is 57.2 Å². The van der Waals surface area contributed by atoms with Crippen LogP contribution in [0.4, 0.5) is 5.13 Å². The Labute approximate surface area is 206 Å². The maximum absolute atomic E-state index is 13.7. The summed E-state index contributed by atoms with van der Waals surface area (Å²) < 4.78 is 1.23. The number of nitrogens with zero attached hydrogens (tertiary/aromatic N) is 4. The lowest BCUT2D eigenvalue weighted by Gasteiger charge is -2.34. The second kappa shape index (κ2) is 8.81. The van der Waals surface area contributed by atoms with E-state index in [0.29, 0.717) is 13.1 Å². The maximum Gasteiger partial charge on any atom is 0.254 e. The molecule has 5 aromatic rings. The van der Waals surface area contributed by atoms with Crippen LogP contribution in [0.15, 0.2) is 66.0 Å². The summed E-state index contributed by atoms with van der Waals surface area (Å²) in [6.07, 6.45) is 1.03. The first-order valence-electron chi connectivity index (χ1n) is 11.6. The fourth-order valence-electron chi connectivity index (χ4n) is 4.49. The van der Waals surface area contributed by atoms with Crippen molar-refractivity contribution in [2.75, 3.05) is 31.1 Å². The molecule has 0 radical (unpaired) electrons. The van der Waals surface area contributed by atoms with Crippen LogP contribution in [0.5, 0.6) is 0 Å². The van der Waals surface area contributed by atoms with Gasteiger partial charge in [-0.2, -0.15) is 0 Å². The van der Waals surface area contributed by atoms with Crippen molar-refractivity contribution in [3.8, 4) is 10.6 Å². The van der Waals surface area contributed by atoms with E-state index >= 15 is 0 Å². The molecule has 7 heteroatoms. The summed E-state index contributed by atoms with van der Waals surface area (Å²) in [6, 6.07) is 20.5. The number of carbonyl (C=O) groups is 1. The highest BCUT2D eigenvalue weighted by Crippen LogP contribution is 2.32. The third-order valence-electron chi connectivity index (χ3n) is 6.41. The summed E-state index contributed by atoms with van der Waals surface area (Å²) >= 11 is 3.39. The van der Waals surface area contributed by atoms with Crippen LogP contribution in [0.25, 0.3) is 31.7 Å². The molecule has 0 N–H and O–H groups in total. The van der Waals surface area contributed by atoms with Crippen molar-refractivity contribution >= 4 is 54.8 Å². The van der Waals surface area contributed by atoms with Crippen LogP contribution in [-0.2, 0) is 6.42 Å². The number of aromatic nitrogens is 2. The number of benzene rings is 2. The van der Waals surface area contributed by atoms with Crippen molar-refractivity contribution in [2.24, 2.45) is 0 Å². The molecule has 3 aromatic heterocycles. The molecule has 2 aromatic carbocycles. The molecule has 1 amide bonds. The summed E-state index contributed by atoms with van der Waals surface area (Å²) in [5.74, 6) is 0.0768. The maximum atomic E-state index is 13.7. The zero-order valence-electron chi connectivity index (χ0n) is 18.9.